The van der Waals surface area contributed by atoms with E-state index in [0.29, 0.717) is 0 Å². The van der Waals surface area contributed by atoms with Gasteiger partial charge in [-0.3, -0.25) is 19.3 Å². The number of amides is 2. The smallest absolute Gasteiger partial charge is 0.294 e. The molecule has 0 aliphatic heterocycles. The van der Waals surface area contributed by atoms with Crippen LogP contribution in [0, 0.1) is 0 Å². The van der Waals surface area contributed by atoms with Gasteiger partial charge in [0.25, 0.3) is 16.0 Å². The fraction of sp³-hybridized carbons (Fsp3) is 0.273. The van der Waals surface area contributed by atoms with E-state index in [-0.39, 0.29) is 23.4 Å². The first-order valence-corrected chi connectivity index (χ1v) is 7.25. The molecule has 0 bridgehead atoms. The molecule has 2 amide bonds. The van der Waals surface area contributed by atoms with Crippen molar-refractivity contribution >= 4 is 27.6 Å². The third-order valence-electron chi connectivity index (χ3n) is 2.55. The molecule has 1 aromatic carbocycles. The Kier molecular flexibility index (Phi) is 5.79. The van der Waals surface area contributed by atoms with Crippen LogP contribution in [0.25, 0.3) is 0 Å². The van der Waals surface area contributed by atoms with E-state index in [0.717, 1.165) is 6.07 Å². The molecule has 0 aliphatic rings. The molecule has 0 spiro atoms. The number of benzene rings is 1. The second-order valence-electron chi connectivity index (χ2n) is 4.17. The number of nitrogens with one attached hydrogen (secondary N) is 2. The van der Waals surface area contributed by atoms with Gasteiger partial charge in [-0.15, -0.1) is 0 Å². The first kappa shape index (κ1) is 17.0. The van der Waals surface area contributed by atoms with Crippen LogP contribution in [0.4, 0.5) is 5.69 Å². The van der Waals surface area contributed by atoms with Crippen LogP contribution < -0.4 is 16.5 Å². The van der Waals surface area contributed by atoms with Gasteiger partial charge >= 0.3 is 0 Å². The lowest BCUT2D eigenvalue weighted by molar-refractivity contribution is -0.130. The molecule has 6 N–H and O–H groups in total. The summed E-state index contributed by atoms with van der Waals surface area (Å²) in [6.45, 7) is 0. The highest BCUT2D eigenvalue weighted by Gasteiger charge is 2.15. The molecule has 0 aliphatic carbocycles. The summed E-state index contributed by atoms with van der Waals surface area (Å²) in [4.78, 5) is 22.2. The Morgan fingerprint density at radius 3 is 2.57 bits per heavy atom. The van der Waals surface area contributed by atoms with E-state index in [4.69, 9.17) is 15.5 Å². The van der Waals surface area contributed by atoms with Gasteiger partial charge in [-0.25, -0.2) is 5.48 Å². The van der Waals surface area contributed by atoms with Crippen LogP contribution in [0.15, 0.2) is 29.2 Å². The quantitative estimate of drug-likeness (QED) is 0.268. The van der Waals surface area contributed by atoms with E-state index in [9.17, 15) is 18.0 Å². The number of carbonyl (C=O) groups is 2. The molecule has 0 saturated carbocycles. The topological polar surface area (TPSA) is 159 Å². The summed E-state index contributed by atoms with van der Waals surface area (Å²) < 4.78 is 30.8. The second-order valence-corrected chi connectivity index (χ2v) is 5.59. The van der Waals surface area contributed by atoms with Gasteiger partial charge in [0, 0.05) is 12.1 Å². The van der Waals surface area contributed by atoms with Gasteiger partial charge in [0.15, 0.2) is 0 Å². The fourth-order valence-corrected chi connectivity index (χ4v) is 1.98. The maximum atomic E-state index is 11.6. The molecule has 21 heavy (non-hydrogen) atoms. The van der Waals surface area contributed by atoms with Crippen LogP contribution in [-0.4, -0.2) is 36.0 Å². The minimum Gasteiger partial charge on any atom is -0.326 e. The lowest BCUT2D eigenvalue weighted by Crippen LogP contribution is -2.39. The lowest BCUT2D eigenvalue weighted by atomic mass is 10.1. The maximum Gasteiger partial charge on any atom is 0.294 e. The standard InChI is InChI=1S/C11H15N3O6S/c12-9(11(16)14-17)4-5-10(15)13-7-2-1-3-8(6-7)21(18,19)20/h1-3,6,9,17H,4-5,12H2,(H,13,15)(H,14,16)(H,18,19,20)/t9-/m0/s1. The predicted molar refractivity (Wildman–Crippen MR) is 72.0 cm³/mol. The van der Waals surface area contributed by atoms with Crippen LogP contribution in [0.2, 0.25) is 0 Å². The van der Waals surface area contributed by atoms with E-state index < -0.39 is 28.0 Å². The molecule has 1 atom stereocenters. The molecule has 116 valence electrons. The summed E-state index contributed by atoms with van der Waals surface area (Å²) >= 11 is 0. The predicted octanol–water partition coefficient (Wildman–Crippen LogP) is -0.515. The Morgan fingerprint density at radius 1 is 1.33 bits per heavy atom. The van der Waals surface area contributed by atoms with E-state index in [1.807, 2.05) is 0 Å². The number of hydroxylamine groups is 1. The summed E-state index contributed by atoms with van der Waals surface area (Å²) in [5.74, 6) is -1.31. The van der Waals surface area contributed by atoms with Gasteiger partial charge in [0.1, 0.15) is 0 Å². The van der Waals surface area contributed by atoms with Crippen molar-refractivity contribution in [3.63, 3.8) is 0 Å². The zero-order valence-electron chi connectivity index (χ0n) is 10.8. The third-order valence-corrected chi connectivity index (χ3v) is 3.39. The Balaban J connectivity index is 2.62. The largest absolute Gasteiger partial charge is 0.326 e. The number of rotatable bonds is 6. The van der Waals surface area contributed by atoms with Crippen LogP contribution in [0.5, 0.6) is 0 Å². The van der Waals surface area contributed by atoms with Crippen molar-refractivity contribution in [2.75, 3.05) is 5.32 Å². The lowest BCUT2D eigenvalue weighted by Gasteiger charge is -2.09. The maximum absolute atomic E-state index is 11.6. The third kappa shape index (κ3) is 5.47. The minimum absolute atomic E-state index is 0.00375. The average Bonchev–Trinajstić information content (AvgIpc) is 2.43. The van der Waals surface area contributed by atoms with E-state index in [1.165, 1.54) is 23.7 Å². The van der Waals surface area contributed by atoms with Crippen molar-refractivity contribution in [2.24, 2.45) is 5.73 Å². The van der Waals surface area contributed by atoms with Crippen LogP contribution in [-0.2, 0) is 19.7 Å². The van der Waals surface area contributed by atoms with Crippen molar-refractivity contribution in [1.82, 2.24) is 5.48 Å². The van der Waals surface area contributed by atoms with Crippen LogP contribution in [0.1, 0.15) is 12.8 Å². The number of anilines is 1. The zero-order chi connectivity index (χ0) is 16.0. The number of hydrogen-bond acceptors (Lipinski definition) is 6. The van der Waals surface area contributed by atoms with Crippen LogP contribution >= 0.6 is 0 Å². The molecule has 0 unspecified atom stereocenters. The van der Waals surface area contributed by atoms with Crippen molar-refractivity contribution in [3.05, 3.63) is 24.3 Å². The summed E-state index contributed by atoms with van der Waals surface area (Å²) in [6.07, 6.45) is -0.110. The molecule has 1 aromatic rings. The summed E-state index contributed by atoms with van der Waals surface area (Å²) in [5.41, 5.74) is 6.93. The number of carbonyl (C=O) groups excluding carboxylic acids is 2. The zero-order valence-corrected chi connectivity index (χ0v) is 11.6. The number of hydrogen-bond donors (Lipinski definition) is 5. The molecular formula is C11H15N3O6S. The Labute approximate surface area is 120 Å². The first-order chi connectivity index (χ1) is 9.74. The van der Waals surface area contributed by atoms with E-state index in [2.05, 4.69) is 5.32 Å². The molecule has 0 radical (unpaired) electrons. The molecular weight excluding hydrogens is 302 g/mol. The molecule has 1 rings (SSSR count). The van der Waals surface area contributed by atoms with Crippen molar-refractivity contribution in [3.8, 4) is 0 Å². The van der Waals surface area contributed by atoms with Crippen molar-refractivity contribution < 1.29 is 27.8 Å². The molecule has 9 nitrogen and oxygen atoms in total. The van der Waals surface area contributed by atoms with Gasteiger partial charge in [0.05, 0.1) is 10.9 Å². The highest BCUT2D eigenvalue weighted by molar-refractivity contribution is 7.85. The molecule has 0 heterocycles. The van der Waals surface area contributed by atoms with Gasteiger partial charge in [0.2, 0.25) is 5.91 Å². The van der Waals surface area contributed by atoms with Gasteiger partial charge < -0.3 is 11.1 Å². The first-order valence-electron chi connectivity index (χ1n) is 5.81. The van der Waals surface area contributed by atoms with Crippen molar-refractivity contribution in [1.29, 1.82) is 0 Å². The van der Waals surface area contributed by atoms with E-state index in [1.54, 1.807) is 0 Å². The summed E-state index contributed by atoms with van der Waals surface area (Å²) in [7, 11) is -4.35. The van der Waals surface area contributed by atoms with Gasteiger partial charge in [-0.05, 0) is 24.6 Å². The van der Waals surface area contributed by atoms with Crippen LogP contribution in [0.3, 0.4) is 0 Å². The Bertz CT molecular complexity index is 631. The Morgan fingerprint density at radius 2 is 2.00 bits per heavy atom. The number of nitrogens with two attached hydrogens (primary N) is 1. The minimum atomic E-state index is -4.35. The summed E-state index contributed by atoms with van der Waals surface area (Å²) in [5, 5.41) is 10.8. The summed E-state index contributed by atoms with van der Waals surface area (Å²) in [6, 6.07) is 4.02. The highest BCUT2D eigenvalue weighted by atomic mass is 32.2. The van der Waals surface area contributed by atoms with E-state index >= 15 is 0 Å². The van der Waals surface area contributed by atoms with Gasteiger partial charge in [-0.1, -0.05) is 6.07 Å². The molecule has 0 fully saturated rings. The molecule has 10 heteroatoms. The van der Waals surface area contributed by atoms with Crippen molar-refractivity contribution in [2.45, 2.75) is 23.8 Å². The average molecular weight is 317 g/mol. The Hall–Kier alpha value is -2.01. The van der Waals surface area contributed by atoms with Gasteiger partial charge in [-0.2, -0.15) is 8.42 Å². The second kappa shape index (κ2) is 7.13. The highest BCUT2D eigenvalue weighted by Crippen LogP contribution is 2.15. The SMILES string of the molecule is N[C@@H](CCC(=O)Nc1cccc(S(=O)(=O)O)c1)C(=O)NO. The molecule has 0 aromatic heterocycles. The normalized spacial score (nSPS) is 12.5. The fourth-order valence-electron chi connectivity index (χ4n) is 1.46. The molecule has 0 saturated heterocycles. The monoisotopic (exact) mass is 317 g/mol.